The Morgan fingerprint density at radius 2 is 1.93 bits per heavy atom. The SMILES string of the molecule is Cc1cc(C)c2c(OCC(=O)NCCS(=O)(=O)NCc3ccccc3)nn(C)c2n1. The highest BCUT2D eigenvalue weighted by molar-refractivity contribution is 7.89. The van der Waals surface area contributed by atoms with Gasteiger partial charge in [0.1, 0.15) is 0 Å². The molecule has 30 heavy (non-hydrogen) atoms. The first kappa shape index (κ1) is 21.7. The van der Waals surface area contributed by atoms with E-state index in [0.29, 0.717) is 11.5 Å². The number of amides is 1. The highest BCUT2D eigenvalue weighted by Crippen LogP contribution is 2.26. The lowest BCUT2D eigenvalue weighted by Gasteiger charge is -2.09. The summed E-state index contributed by atoms with van der Waals surface area (Å²) in [6.45, 7) is 3.75. The molecule has 0 aliphatic heterocycles. The molecule has 0 aliphatic carbocycles. The van der Waals surface area contributed by atoms with Crippen LogP contribution in [0.3, 0.4) is 0 Å². The predicted molar refractivity (Wildman–Crippen MR) is 114 cm³/mol. The third-order valence-corrected chi connectivity index (χ3v) is 5.78. The summed E-state index contributed by atoms with van der Waals surface area (Å²) in [6, 6.07) is 11.1. The van der Waals surface area contributed by atoms with Crippen LogP contribution in [0.2, 0.25) is 0 Å². The molecular formula is C20H25N5O4S. The van der Waals surface area contributed by atoms with E-state index in [9.17, 15) is 13.2 Å². The second-order valence-electron chi connectivity index (χ2n) is 6.97. The van der Waals surface area contributed by atoms with Gasteiger partial charge in [-0.3, -0.25) is 4.79 Å². The first-order chi connectivity index (χ1) is 14.2. The molecule has 0 unspecified atom stereocenters. The molecule has 2 aromatic heterocycles. The lowest BCUT2D eigenvalue weighted by Crippen LogP contribution is -2.36. The fraction of sp³-hybridized carbons (Fsp3) is 0.350. The number of benzene rings is 1. The molecule has 0 saturated heterocycles. The molecule has 0 bridgehead atoms. The Kier molecular flexibility index (Phi) is 6.68. The number of ether oxygens (including phenoxy) is 1. The molecule has 1 aromatic carbocycles. The maximum Gasteiger partial charge on any atom is 0.258 e. The Balaban J connectivity index is 1.48. The Morgan fingerprint density at radius 1 is 1.20 bits per heavy atom. The van der Waals surface area contributed by atoms with Crippen molar-refractivity contribution in [1.82, 2.24) is 24.8 Å². The summed E-state index contributed by atoms with van der Waals surface area (Å²) >= 11 is 0. The number of nitrogens with one attached hydrogen (secondary N) is 2. The van der Waals surface area contributed by atoms with Crippen LogP contribution in [0.15, 0.2) is 36.4 Å². The third-order valence-electron chi connectivity index (χ3n) is 4.46. The summed E-state index contributed by atoms with van der Waals surface area (Å²) in [5, 5.41) is 7.59. The van der Waals surface area contributed by atoms with Gasteiger partial charge in [-0.2, -0.15) is 0 Å². The highest BCUT2D eigenvalue weighted by Gasteiger charge is 2.16. The van der Waals surface area contributed by atoms with Gasteiger partial charge in [-0.15, -0.1) is 5.10 Å². The van der Waals surface area contributed by atoms with Crippen molar-refractivity contribution >= 4 is 27.0 Å². The normalized spacial score (nSPS) is 11.6. The van der Waals surface area contributed by atoms with E-state index in [1.165, 1.54) is 0 Å². The quantitative estimate of drug-likeness (QED) is 0.526. The van der Waals surface area contributed by atoms with Crippen molar-refractivity contribution in [1.29, 1.82) is 0 Å². The molecule has 0 radical (unpaired) electrons. The molecule has 3 aromatic rings. The predicted octanol–water partition coefficient (Wildman–Crippen LogP) is 1.20. The van der Waals surface area contributed by atoms with Gasteiger partial charge in [0.15, 0.2) is 12.3 Å². The van der Waals surface area contributed by atoms with Crippen LogP contribution in [-0.2, 0) is 28.4 Å². The second kappa shape index (κ2) is 9.23. The summed E-state index contributed by atoms with van der Waals surface area (Å²) in [5.74, 6) is -0.324. The van der Waals surface area contributed by atoms with Gasteiger partial charge in [-0.1, -0.05) is 30.3 Å². The number of aromatic nitrogens is 3. The molecule has 0 spiro atoms. The number of fused-ring (bicyclic) bond motifs is 1. The molecule has 0 fully saturated rings. The minimum absolute atomic E-state index is 0.0188. The molecule has 160 valence electrons. The number of sulfonamides is 1. The summed E-state index contributed by atoms with van der Waals surface area (Å²) in [6.07, 6.45) is 0. The standard InChI is InChI=1S/C20H25N5O4S/c1-14-11-15(2)23-19-18(14)20(24-25(19)3)29-13-17(26)21-9-10-30(27,28)22-12-16-7-5-4-6-8-16/h4-8,11,22H,9-10,12-13H2,1-3H3,(H,21,26). The molecule has 3 rings (SSSR count). The van der Waals surface area contributed by atoms with Crippen LogP contribution in [0.5, 0.6) is 5.88 Å². The maximum atomic E-state index is 12.1. The van der Waals surface area contributed by atoms with E-state index in [2.05, 4.69) is 20.1 Å². The van der Waals surface area contributed by atoms with E-state index in [4.69, 9.17) is 4.74 Å². The van der Waals surface area contributed by atoms with Gasteiger partial charge >= 0.3 is 0 Å². The van der Waals surface area contributed by atoms with Gasteiger partial charge in [-0.05, 0) is 31.0 Å². The van der Waals surface area contributed by atoms with Crippen LogP contribution in [-0.4, -0.2) is 48.0 Å². The van der Waals surface area contributed by atoms with Gasteiger partial charge in [0, 0.05) is 25.8 Å². The number of hydrogen-bond donors (Lipinski definition) is 2. The average molecular weight is 432 g/mol. The van der Waals surface area contributed by atoms with E-state index >= 15 is 0 Å². The number of aryl methyl sites for hydroxylation is 3. The third kappa shape index (κ3) is 5.55. The van der Waals surface area contributed by atoms with E-state index < -0.39 is 15.9 Å². The Bertz CT molecular complexity index is 1140. The van der Waals surface area contributed by atoms with Crippen molar-refractivity contribution in [3.05, 3.63) is 53.2 Å². The molecule has 0 saturated carbocycles. The summed E-state index contributed by atoms with van der Waals surface area (Å²) in [5.41, 5.74) is 3.37. The van der Waals surface area contributed by atoms with Crippen molar-refractivity contribution in [3.8, 4) is 5.88 Å². The largest absolute Gasteiger partial charge is 0.466 e. The topological polar surface area (TPSA) is 115 Å². The zero-order valence-corrected chi connectivity index (χ0v) is 18.0. The van der Waals surface area contributed by atoms with Crippen LogP contribution >= 0.6 is 0 Å². The van der Waals surface area contributed by atoms with Crippen molar-refractivity contribution in [2.45, 2.75) is 20.4 Å². The number of rotatable bonds is 9. The fourth-order valence-electron chi connectivity index (χ4n) is 3.02. The number of hydrogen-bond acceptors (Lipinski definition) is 6. The van der Waals surface area contributed by atoms with E-state index in [0.717, 1.165) is 22.2 Å². The van der Waals surface area contributed by atoms with Crippen LogP contribution in [0, 0.1) is 13.8 Å². The lowest BCUT2D eigenvalue weighted by atomic mass is 10.2. The molecule has 0 atom stereocenters. The zero-order valence-electron chi connectivity index (χ0n) is 17.2. The maximum absolute atomic E-state index is 12.1. The first-order valence-electron chi connectivity index (χ1n) is 9.47. The van der Waals surface area contributed by atoms with Crippen molar-refractivity contribution in [2.75, 3.05) is 18.9 Å². The number of carbonyl (C=O) groups excluding carboxylic acids is 1. The van der Waals surface area contributed by atoms with Crippen LogP contribution in [0.25, 0.3) is 11.0 Å². The Morgan fingerprint density at radius 3 is 2.67 bits per heavy atom. The number of nitrogens with zero attached hydrogens (tertiary/aromatic N) is 3. The Hall–Kier alpha value is -2.98. The molecule has 10 heteroatoms. The van der Waals surface area contributed by atoms with Gasteiger partial charge in [0.05, 0.1) is 11.1 Å². The molecule has 0 aliphatic rings. The summed E-state index contributed by atoms with van der Waals surface area (Å²) in [4.78, 5) is 16.5. The highest BCUT2D eigenvalue weighted by atomic mass is 32.2. The minimum atomic E-state index is -3.51. The molecule has 1 amide bonds. The monoisotopic (exact) mass is 431 g/mol. The minimum Gasteiger partial charge on any atom is -0.466 e. The van der Waals surface area contributed by atoms with Crippen molar-refractivity contribution in [3.63, 3.8) is 0 Å². The second-order valence-corrected chi connectivity index (χ2v) is 8.90. The van der Waals surface area contributed by atoms with Gasteiger partial charge in [0.25, 0.3) is 5.91 Å². The lowest BCUT2D eigenvalue weighted by molar-refractivity contribution is -0.123. The van der Waals surface area contributed by atoms with E-state index in [1.54, 1.807) is 11.7 Å². The van der Waals surface area contributed by atoms with Gasteiger partial charge in [-0.25, -0.2) is 22.8 Å². The van der Waals surface area contributed by atoms with E-state index in [-0.39, 0.29) is 25.4 Å². The zero-order chi connectivity index (χ0) is 21.7. The average Bonchev–Trinajstić information content (AvgIpc) is 3.01. The van der Waals surface area contributed by atoms with Gasteiger partial charge in [0.2, 0.25) is 15.9 Å². The summed E-state index contributed by atoms with van der Waals surface area (Å²) in [7, 11) is -1.75. The molecule has 2 N–H and O–H groups in total. The van der Waals surface area contributed by atoms with E-state index in [1.807, 2.05) is 50.2 Å². The first-order valence-corrected chi connectivity index (χ1v) is 11.1. The van der Waals surface area contributed by atoms with Gasteiger partial charge < -0.3 is 10.1 Å². The molecule has 2 heterocycles. The number of carbonyl (C=O) groups is 1. The summed E-state index contributed by atoms with van der Waals surface area (Å²) < 4.78 is 33.8. The molecular weight excluding hydrogens is 406 g/mol. The van der Waals surface area contributed by atoms with Crippen molar-refractivity contribution < 1.29 is 17.9 Å². The van der Waals surface area contributed by atoms with Crippen LogP contribution in [0.4, 0.5) is 0 Å². The van der Waals surface area contributed by atoms with Crippen LogP contribution < -0.4 is 14.8 Å². The molecule has 9 nitrogen and oxygen atoms in total. The fourth-order valence-corrected chi connectivity index (χ4v) is 3.92. The van der Waals surface area contributed by atoms with Crippen molar-refractivity contribution in [2.24, 2.45) is 7.05 Å². The Labute approximate surface area is 175 Å². The number of pyridine rings is 1. The smallest absolute Gasteiger partial charge is 0.258 e. The van der Waals surface area contributed by atoms with Crippen LogP contribution in [0.1, 0.15) is 16.8 Å².